The SMILES string of the molecule is CCCCCCCC/C=C/C=C/[C@@H](O)[C@H](CO)NC(=O)CCCCCCCCCCC/C=C/CCCCCCCC. The molecule has 0 saturated carbocycles. The standard InChI is InChI=1S/C37H69NO3/c1-3-5-7-9-11-13-15-16-17-18-19-20-21-22-23-25-27-29-31-33-37(41)38-35(34-39)36(40)32-30-28-26-24-14-12-10-8-6-4-2/h16-17,26,28,30,32,35-36,39-40H,3-15,18-25,27,29,31,33-34H2,1-2H3,(H,38,41)/b17-16+,28-26+,32-30+/t35-,36+/m0/s1. The molecule has 1 amide bonds. The van der Waals surface area contributed by atoms with Crippen LogP contribution in [0.15, 0.2) is 36.5 Å². The Morgan fingerprint density at radius 3 is 1.46 bits per heavy atom. The van der Waals surface area contributed by atoms with Crippen molar-refractivity contribution in [2.24, 2.45) is 0 Å². The Bertz CT molecular complexity index is 628. The van der Waals surface area contributed by atoms with E-state index in [-0.39, 0.29) is 12.5 Å². The fourth-order valence-electron chi connectivity index (χ4n) is 5.11. The lowest BCUT2D eigenvalue weighted by Gasteiger charge is -2.19. The second-order valence-corrected chi connectivity index (χ2v) is 12.0. The van der Waals surface area contributed by atoms with E-state index in [9.17, 15) is 15.0 Å². The zero-order chi connectivity index (χ0) is 30.1. The number of carbonyl (C=O) groups excluding carboxylic acids is 1. The summed E-state index contributed by atoms with van der Waals surface area (Å²) in [5.41, 5.74) is 0. The van der Waals surface area contributed by atoms with Crippen molar-refractivity contribution in [3.63, 3.8) is 0 Å². The molecule has 0 saturated heterocycles. The van der Waals surface area contributed by atoms with Gasteiger partial charge in [0, 0.05) is 6.42 Å². The molecule has 4 nitrogen and oxygen atoms in total. The van der Waals surface area contributed by atoms with Crippen LogP contribution in [-0.2, 0) is 4.79 Å². The first-order chi connectivity index (χ1) is 20.2. The summed E-state index contributed by atoms with van der Waals surface area (Å²) in [5.74, 6) is -0.0869. The lowest BCUT2D eigenvalue weighted by Crippen LogP contribution is -2.45. The van der Waals surface area contributed by atoms with Crippen molar-refractivity contribution in [1.29, 1.82) is 0 Å². The molecule has 0 bridgehead atoms. The first kappa shape index (κ1) is 39.6. The van der Waals surface area contributed by atoms with E-state index in [4.69, 9.17) is 0 Å². The Labute approximate surface area is 255 Å². The van der Waals surface area contributed by atoms with Gasteiger partial charge in [-0.15, -0.1) is 0 Å². The summed E-state index contributed by atoms with van der Waals surface area (Å²) < 4.78 is 0. The highest BCUT2D eigenvalue weighted by Gasteiger charge is 2.17. The van der Waals surface area contributed by atoms with E-state index in [1.807, 2.05) is 12.2 Å². The third-order valence-corrected chi connectivity index (χ3v) is 7.90. The van der Waals surface area contributed by atoms with E-state index in [0.29, 0.717) is 6.42 Å². The molecular weight excluding hydrogens is 506 g/mol. The fraction of sp³-hybridized carbons (Fsp3) is 0.811. The van der Waals surface area contributed by atoms with Crippen LogP contribution in [0.4, 0.5) is 0 Å². The van der Waals surface area contributed by atoms with E-state index in [0.717, 1.165) is 19.3 Å². The highest BCUT2D eigenvalue weighted by atomic mass is 16.3. The quantitative estimate of drug-likeness (QED) is 0.0437. The van der Waals surface area contributed by atoms with Crippen molar-refractivity contribution in [2.75, 3.05) is 6.61 Å². The zero-order valence-electron chi connectivity index (χ0n) is 27.3. The van der Waals surface area contributed by atoms with Gasteiger partial charge in [0.25, 0.3) is 0 Å². The van der Waals surface area contributed by atoms with Gasteiger partial charge in [-0.2, -0.15) is 0 Å². The average Bonchev–Trinajstić information content (AvgIpc) is 2.97. The molecule has 0 spiro atoms. The molecular formula is C37H69NO3. The van der Waals surface area contributed by atoms with Gasteiger partial charge in [-0.05, 0) is 44.9 Å². The van der Waals surface area contributed by atoms with Crippen LogP contribution in [-0.4, -0.2) is 34.9 Å². The van der Waals surface area contributed by atoms with Crippen LogP contribution in [0.5, 0.6) is 0 Å². The first-order valence-electron chi connectivity index (χ1n) is 17.7. The second-order valence-electron chi connectivity index (χ2n) is 12.0. The summed E-state index contributed by atoms with van der Waals surface area (Å²) in [6, 6.07) is -0.651. The second kappa shape index (κ2) is 33.1. The maximum Gasteiger partial charge on any atom is 0.220 e. The molecule has 41 heavy (non-hydrogen) atoms. The molecule has 0 radical (unpaired) electrons. The maximum atomic E-state index is 12.3. The Morgan fingerprint density at radius 1 is 0.585 bits per heavy atom. The Hall–Kier alpha value is -1.39. The summed E-state index contributed by atoms with van der Waals surface area (Å²) in [5, 5.41) is 22.7. The predicted molar refractivity (Wildman–Crippen MR) is 179 cm³/mol. The molecule has 0 fully saturated rings. The minimum atomic E-state index is -0.885. The molecule has 0 rings (SSSR count). The highest BCUT2D eigenvalue weighted by molar-refractivity contribution is 5.76. The number of aliphatic hydroxyl groups is 2. The van der Waals surface area contributed by atoms with Gasteiger partial charge in [-0.3, -0.25) is 4.79 Å². The average molecular weight is 576 g/mol. The molecule has 2 atom stereocenters. The number of hydrogen-bond acceptors (Lipinski definition) is 3. The van der Waals surface area contributed by atoms with Crippen LogP contribution in [0.25, 0.3) is 0 Å². The molecule has 0 aliphatic carbocycles. The highest BCUT2D eigenvalue weighted by Crippen LogP contribution is 2.13. The van der Waals surface area contributed by atoms with Gasteiger partial charge < -0.3 is 15.5 Å². The summed E-state index contributed by atoms with van der Waals surface area (Å²) >= 11 is 0. The summed E-state index contributed by atoms with van der Waals surface area (Å²) in [6.45, 7) is 4.24. The third-order valence-electron chi connectivity index (χ3n) is 7.90. The number of hydrogen-bond donors (Lipinski definition) is 3. The molecule has 0 heterocycles. The maximum absolute atomic E-state index is 12.3. The number of unbranched alkanes of at least 4 members (excludes halogenated alkanes) is 21. The number of rotatable bonds is 31. The monoisotopic (exact) mass is 576 g/mol. The van der Waals surface area contributed by atoms with Gasteiger partial charge in [0.1, 0.15) is 0 Å². The minimum Gasteiger partial charge on any atom is -0.394 e. The van der Waals surface area contributed by atoms with Crippen molar-refractivity contribution >= 4 is 5.91 Å². The number of amides is 1. The van der Waals surface area contributed by atoms with E-state index < -0.39 is 12.1 Å². The van der Waals surface area contributed by atoms with E-state index in [1.54, 1.807) is 6.08 Å². The van der Waals surface area contributed by atoms with Gasteiger partial charge in [-0.1, -0.05) is 159 Å². The van der Waals surface area contributed by atoms with Crippen molar-refractivity contribution in [2.45, 2.75) is 187 Å². The number of nitrogens with one attached hydrogen (secondary N) is 1. The minimum absolute atomic E-state index is 0.0869. The molecule has 4 heteroatoms. The van der Waals surface area contributed by atoms with Crippen LogP contribution in [0.1, 0.15) is 174 Å². The van der Waals surface area contributed by atoms with Gasteiger partial charge in [0.2, 0.25) is 5.91 Å². The molecule has 0 aliphatic rings. The van der Waals surface area contributed by atoms with Crippen molar-refractivity contribution < 1.29 is 15.0 Å². The van der Waals surface area contributed by atoms with Crippen LogP contribution >= 0.6 is 0 Å². The Kier molecular flexibility index (Phi) is 32.0. The van der Waals surface area contributed by atoms with Crippen LogP contribution < -0.4 is 5.32 Å². The van der Waals surface area contributed by atoms with Gasteiger partial charge in [0.15, 0.2) is 0 Å². The van der Waals surface area contributed by atoms with Crippen LogP contribution in [0.3, 0.4) is 0 Å². The molecule has 240 valence electrons. The number of aliphatic hydroxyl groups excluding tert-OH is 2. The molecule has 0 aromatic rings. The van der Waals surface area contributed by atoms with E-state index in [2.05, 4.69) is 37.4 Å². The summed E-state index contributed by atoms with van der Waals surface area (Å²) in [4.78, 5) is 12.3. The van der Waals surface area contributed by atoms with Crippen LogP contribution in [0.2, 0.25) is 0 Å². The zero-order valence-corrected chi connectivity index (χ0v) is 27.3. The topological polar surface area (TPSA) is 69.6 Å². The van der Waals surface area contributed by atoms with Gasteiger partial charge >= 0.3 is 0 Å². The molecule has 0 unspecified atom stereocenters. The normalized spacial score (nSPS) is 13.6. The molecule has 0 aliphatic heterocycles. The Morgan fingerprint density at radius 2 is 1.00 bits per heavy atom. The van der Waals surface area contributed by atoms with Crippen LogP contribution in [0, 0.1) is 0 Å². The largest absolute Gasteiger partial charge is 0.394 e. The number of carbonyl (C=O) groups is 1. The smallest absolute Gasteiger partial charge is 0.220 e. The fourth-order valence-corrected chi connectivity index (χ4v) is 5.11. The molecule has 0 aromatic carbocycles. The first-order valence-corrected chi connectivity index (χ1v) is 17.7. The lowest BCUT2D eigenvalue weighted by atomic mass is 10.0. The number of allylic oxidation sites excluding steroid dienone is 5. The molecule has 3 N–H and O–H groups in total. The summed E-state index contributed by atoms with van der Waals surface area (Å²) in [6.07, 6.45) is 42.3. The van der Waals surface area contributed by atoms with Crippen molar-refractivity contribution in [3.8, 4) is 0 Å². The predicted octanol–water partition coefficient (Wildman–Crippen LogP) is 10.3. The Balaban J connectivity index is 3.63. The van der Waals surface area contributed by atoms with Crippen molar-refractivity contribution in [3.05, 3.63) is 36.5 Å². The third kappa shape index (κ3) is 29.9. The molecule has 0 aromatic heterocycles. The van der Waals surface area contributed by atoms with Gasteiger partial charge in [0.05, 0.1) is 18.8 Å². The van der Waals surface area contributed by atoms with Gasteiger partial charge in [-0.25, -0.2) is 0 Å². The van der Waals surface area contributed by atoms with E-state index >= 15 is 0 Å². The van der Waals surface area contributed by atoms with E-state index in [1.165, 1.54) is 135 Å². The summed E-state index contributed by atoms with van der Waals surface area (Å²) in [7, 11) is 0. The van der Waals surface area contributed by atoms with Crippen molar-refractivity contribution in [1.82, 2.24) is 5.32 Å². The lowest BCUT2D eigenvalue weighted by molar-refractivity contribution is -0.123.